The molecule has 4 heteroatoms. The zero-order chi connectivity index (χ0) is 18.6. The Morgan fingerprint density at radius 3 is 2.52 bits per heavy atom. The molecule has 134 valence electrons. The van der Waals surface area contributed by atoms with Gasteiger partial charge in [-0.25, -0.2) is 4.98 Å². The summed E-state index contributed by atoms with van der Waals surface area (Å²) in [5.74, 6) is 1.15. The molecule has 0 spiro atoms. The number of carbonyl (C=O) groups is 1. The summed E-state index contributed by atoms with van der Waals surface area (Å²) in [6.07, 6.45) is 0.204. The molecule has 0 aliphatic carbocycles. The van der Waals surface area contributed by atoms with Crippen LogP contribution in [-0.2, 0) is 17.8 Å². The van der Waals surface area contributed by atoms with Crippen molar-refractivity contribution in [2.24, 2.45) is 0 Å². The highest BCUT2D eigenvalue weighted by molar-refractivity contribution is 5.83. The number of fused-ring (bicyclic) bond motifs is 1. The number of aromatic nitrogens is 1. The maximum Gasteiger partial charge on any atom is 0.226 e. The molecule has 0 fully saturated rings. The first-order chi connectivity index (χ1) is 13.2. The van der Waals surface area contributed by atoms with E-state index in [0.717, 1.165) is 11.1 Å². The van der Waals surface area contributed by atoms with Crippen LogP contribution in [0, 0.1) is 6.92 Å². The van der Waals surface area contributed by atoms with Gasteiger partial charge in [-0.3, -0.25) is 4.79 Å². The Hall–Kier alpha value is -3.40. The smallest absolute Gasteiger partial charge is 0.226 e. The number of nitrogens with zero attached hydrogens (tertiary/aromatic N) is 1. The van der Waals surface area contributed by atoms with Crippen molar-refractivity contribution < 1.29 is 9.21 Å². The van der Waals surface area contributed by atoms with Crippen LogP contribution in [0.25, 0.3) is 22.2 Å². The number of oxazole rings is 1. The Balaban J connectivity index is 1.41. The van der Waals surface area contributed by atoms with Crippen molar-refractivity contribution in [2.45, 2.75) is 19.9 Å². The summed E-state index contributed by atoms with van der Waals surface area (Å²) in [6.45, 7) is 2.33. The van der Waals surface area contributed by atoms with Crippen LogP contribution in [0.4, 0.5) is 0 Å². The second-order valence-corrected chi connectivity index (χ2v) is 6.52. The van der Waals surface area contributed by atoms with Crippen molar-refractivity contribution in [3.05, 3.63) is 89.8 Å². The lowest BCUT2D eigenvalue weighted by atomic mass is 10.1. The minimum atomic E-state index is -0.0702. The highest BCUT2D eigenvalue weighted by atomic mass is 16.4. The minimum Gasteiger partial charge on any atom is -0.441 e. The van der Waals surface area contributed by atoms with Crippen LogP contribution in [0.15, 0.2) is 77.2 Å². The molecule has 1 heterocycles. The second-order valence-electron chi connectivity index (χ2n) is 6.52. The molecule has 1 amide bonds. The maximum atomic E-state index is 12.4. The molecule has 0 saturated carbocycles. The van der Waals surface area contributed by atoms with E-state index in [1.807, 2.05) is 55.5 Å². The quantitative estimate of drug-likeness (QED) is 0.566. The molecule has 1 aromatic heterocycles. The van der Waals surface area contributed by atoms with Gasteiger partial charge in [-0.05, 0) is 41.5 Å². The van der Waals surface area contributed by atoms with Crippen LogP contribution in [0.2, 0.25) is 0 Å². The van der Waals surface area contributed by atoms with Crippen molar-refractivity contribution in [1.29, 1.82) is 0 Å². The molecule has 1 N–H and O–H groups in total. The molecule has 3 aromatic carbocycles. The standard InChI is InChI=1S/C23H20N2O2/c1-16-21(25-23(27-16)19-8-3-2-4-9-19)14-22(26)24-15-17-11-12-18-7-5-6-10-20(18)13-17/h2-13H,14-15H2,1H3,(H,24,26). The van der Waals surface area contributed by atoms with Crippen LogP contribution in [0.3, 0.4) is 0 Å². The van der Waals surface area contributed by atoms with E-state index in [1.165, 1.54) is 10.8 Å². The molecular formula is C23H20N2O2. The summed E-state index contributed by atoms with van der Waals surface area (Å²) in [6, 6.07) is 24.1. The highest BCUT2D eigenvalue weighted by Gasteiger charge is 2.14. The van der Waals surface area contributed by atoms with E-state index in [0.29, 0.717) is 23.9 Å². The van der Waals surface area contributed by atoms with E-state index in [1.54, 1.807) is 0 Å². The Labute approximate surface area is 157 Å². The van der Waals surface area contributed by atoms with Gasteiger partial charge in [-0.15, -0.1) is 0 Å². The number of hydrogen-bond donors (Lipinski definition) is 1. The Morgan fingerprint density at radius 1 is 0.963 bits per heavy atom. The number of rotatable bonds is 5. The van der Waals surface area contributed by atoms with E-state index in [2.05, 4.69) is 34.6 Å². The summed E-state index contributed by atoms with van der Waals surface area (Å²) in [4.78, 5) is 16.8. The van der Waals surface area contributed by atoms with E-state index in [9.17, 15) is 4.79 Å². The van der Waals surface area contributed by atoms with Crippen LogP contribution < -0.4 is 5.32 Å². The Morgan fingerprint density at radius 2 is 1.70 bits per heavy atom. The van der Waals surface area contributed by atoms with E-state index < -0.39 is 0 Å². The molecule has 4 aromatic rings. The molecule has 0 bridgehead atoms. The number of nitrogens with one attached hydrogen (secondary N) is 1. The van der Waals surface area contributed by atoms with Crippen LogP contribution in [0.1, 0.15) is 17.0 Å². The molecule has 0 atom stereocenters. The molecule has 0 aliphatic rings. The third-order valence-electron chi connectivity index (χ3n) is 4.54. The molecule has 27 heavy (non-hydrogen) atoms. The summed E-state index contributed by atoms with van der Waals surface area (Å²) in [5.41, 5.74) is 2.65. The summed E-state index contributed by atoms with van der Waals surface area (Å²) in [5, 5.41) is 5.33. The fraction of sp³-hybridized carbons (Fsp3) is 0.130. The Bertz CT molecular complexity index is 1080. The first-order valence-corrected chi connectivity index (χ1v) is 8.95. The van der Waals surface area contributed by atoms with Gasteiger partial charge in [0.1, 0.15) is 5.76 Å². The lowest BCUT2D eigenvalue weighted by Gasteiger charge is -2.06. The monoisotopic (exact) mass is 356 g/mol. The fourth-order valence-corrected chi connectivity index (χ4v) is 3.06. The fourth-order valence-electron chi connectivity index (χ4n) is 3.06. The van der Waals surface area contributed by atoms with Gasteiger partial charge in [-0.2, -0.15) is 0 Å². The van der Waals surface area contributed by atoms with Gasteiger partial charge in [0.05, 0.1) is 12.1 Å². The van der Waals surface area contributed by atoms with E-state index in [4.69, 9.17) is 4.42 Å². The lowest BCUT2D eigenvalue weighted by molar-refractivity contribution is -0.120. The van der Waals surface area contributed by atoms with Crippen molar-refractivity contribution in [1.82, 2.24) is 10.3 Å². The SMILES string of the molecule is Cc1oc(-c2ccccc2)nc1CC(=O)NCc1ccc2ccccc2c1. The third-order valence-corrected chi connectivity index (χ3v) is 4.54. The number of amides is 1. The largest absolute Gasteiger partial charge is 0.441 e. The zero-order valence-electron chi connectivity index (χ0n) is 15.1. The summed E-state index contributed by atoms with van der Waals surface area (Å²) in [7, 11) is 0. The maximum absolute atomic E-state index is 12.4. The van der Waals surface area contributed by atoms with Crippen molar-refractivity contribution in [3.63, 3.8) is 0 Å². The van der Waals surface area contributed by atoms with Crippen molar-refractivity contribution in [2.75, 3.05) is 0 Å². The average Bonchev–Trinajstić information content (AvgIpc) is 3.07. The summed E-state index contributed by atoms with van der Waals surface area (Å²) >= 11 is 0. The normalized spacial score (nSPS) is 10.9. The number of aryl methyl sites for hydroxylation is 1. The minimum absolute atomic E-state index is 0.0702. The van der Waals surface area contributed by atoms with E-state index in [-0.39, 0.29) is 12.3 Å². The Kier molecular flexibility index (Phi) is 4.71. The molecule has 0 radical (unpaired) electrons. The van der Waals surface area contributed by atoms with Gasteiger partial charge in [0.2, 0.25) is 11.8 Å². The topological polar surface area (TPSA) is 55.1 Å². The first-order valence-electron chi connectivity index (χ1n) is 8.95. The zero-order valence-corrected chi connectivity index (χ0v) is 15.1. The molecule has 4 nitrogen and oxygen atoms in total. The van der Waals surface area contributed by atoms with Crippen molar-refractivity contribution >= 4 is 16.7 Å². The van der Waals surface area contributed by atoms with E-state index >= 15 is 0 Å². The molecule has 4 rings (SSSR count). The first kappa shape index (κ1) is 17.0. The van der Waals surface area contributed by atoms with Gasteiger partial charge in [0, 0.05) is 12.1 Å². The number of benzene rings is 3. The second kappa shape index (κ2) is 7.46. The van der Waals surface area contributed by atoms with Crippen LogP contribution in [-0.4, -0.2) is 10.9 Å². The van der Waals surface area contributed by atoms with Gasteiger partial charge < -0.3 is 9.73 Å². The van der Waals surface area contributed by atoms with Gasteiger partial charge in [0.25, 0.3) is 0 Å². The van der Waals surface area contributed by atoms with Gasteiger partial charge in [-0.1, -0.05) is 54.6 Å². The average molecular weight is 356 g/mol. The molecule has 0 unspecified atom stereocenters. The lowest BCUT2D eigenvalue weighted by Crippen LogP contribution is -2.24. The van der Waals surface area contributed by atoms with Gasteiger partial charge in [0.15, 0.2) is 0 Å². The molecular weight excluding hydrogens is 336 g/mol. The van der Waals surface area contributed by atoms with Crippen molar-refractivity contribution in [3.8, 4) is 11.5 Å². The predicted molar refractivity (Wildman–Crippen MR) is 106 cm³/mol. The number of carbonyl (C=O) groups excluding carboxylic acids is 1. The van der Waals surface area contributed by atoms with Crippen LogP contribution >= 0.6 is 0 Å². The third kappa shape index (κ3) is 3.90. The summed E-state index contributed by atoms with van der Waals surface area (Å²) < 4.78 is 5.72. The van der Waals surface area contributed by atoms with Gasteiger partial charge >= 0.3 is 0 Å². The number of hydrogen-bond acceptors (Lipinski definition) is 3. The molecule has 0 saturated heterocycles. The molecule has 0 aliphatic heterocycles. The highest BCUT2D eigenvalue weighted by Crippen LogP contribution is 2.21. The predicted octanol–water partition coefficient (Wildman–Crippen LogP) is 4.66. The van der Waals surface area contributed by atoms with Crippen LogP contribution in [0.5, 0.6) is 0 Å².